The number of hydrogen-bond acceptors (Lipinski definition) is 2. The molecule has 0 aromatic rings. The summed E-state index contributed by atoms with van der Waals surface area (Å²) in [6.07, 6.45) is 3.63. The Morgan fingerprint density at radius 3 is 2.93 bits per heavy atom. The van der Waals surface area contributed by atoms with Gasteiger partial charge in [-0.25, -0.2) is 0 Å². The SMILES string of the molecule is CC#CCCNC(=O)C1(C)CCCC1N. The van der Waals surface area contributed by atoms with E-state index in [0.717, 1.165) is 19.3 Å². The highest BCUT2D eigenvalue weighted by Crippen LogP contribution is 2.36. The highest BCUT2D eigenvalue weighted by molar-refractivity contribution is 5.83. The molecule has 0 bridgehead atoms. The monoisotopic (exact) mass is 208 g/mol. The van der Waals surface area contributed by atoms with Crippen LogP contribution >= 0.6 is 0 Å². The van der Waals surface area contributed by atoms with Gasteiger partial charge in [-0.15, -0.1) is 11.8 Å². The molecule has 0 aromatic carbocycles. The second-order valence-electron chi connectivity index (χ2n) is 4.35. The average Bonchev–Trinajstić information content (AvgIpc) is 2.55. The number of nitrogens with two attached hydrogens (primary N) is 1. The van der Waals surface area contributed by atoms with Crippen LogP contribution in [0.2, 0.25) is 0 Å². The lowest BCUT2D eigenvalue weighted by molar-refractivity contribution is -0.130. The molecular formula is C12H20N2O. The van der Waals surface area contributed by atoms with E-state index in [-0.39, 0.29) is 17.4 Å². The number of amides is 1. The van der Waals surface area contributed by atoms with Crippen LogP contribution in [-0.4, -0.2) is 18.5 Å². The summed E-state index contributed by atoms with van der Waals surface area (Å²) in [5.74, 6) is 5.81. The van der Waals surface area contributed by atoms with Gasteiger partial charge in [-0.05, 0) is 26.7 Å². The molecule has 3 N–H and O–H groups in total. The lowest BCUT2D eigenvalue weighted by atomic mass is 9.84. The number of nitrogens with one attached hydrogen (secondary N) is 1. The van der Waals surface area contributed by atoms with Gasteiger partial charge in [0, 0.05) is 19.0 Å². The van der Waals surface area contributed by atoms with Crippen LogP contribution in [0, 0.1) is 17.3 Å². The fourth-order valence-electron chi connectivity index (χ4n) is 2.04. The molecule has 3 nitrogen and oxygen atoms in total. The van der Waals surface area contributed by atoms with E-state index in [4.69, 9.17) is 5.73 Å². The van der Waals surface area contributed by atoms with Crippen LogP contribution in [0.1, 0.15) is 39.5 Å². The topological polar surface area (TPSA) is 55.1 Å². The highest BCUT2D eigenvalue weighted by Gasteiger charge is 2.42. The smallest absolute Gasteiger partial charge is 0.227 e. The maximum atomic E-state index is 11.9. The normalized spacial score (nSPS) is 29.4. The summed E-state index contributed by atoms with van der Waals surface area (Å²) in [5.41, 5.74) is 5.59. The zero-order chi connectivity index (χ0) is 11.3. The van der Waals surface area contributed by atoms with Crippen molar-refractivity contribution in [3.05, 3.63) is 0 Å². The first-order valence-electron chi connectivity index (χ1n) is 5.55. The molecule has 1 aliphatic rings. The van der Waals surface area contributed by atoms with Crippen LogP contribution in [0.15, 0.2) is 0 Å². The molecule has 0 spiro atoms. The summed E-state index contributed by atoms with van der Waals surface area (Å²) in [4.78, 5) is 11.9. The Hall–Kier alpha value is -1.01. The van der Waals surface area contributed by atoms with Gasteiger partial charge < -0.3 is 11.1 Å². The number of carbonyl (C=O) groups is 1. The maximum Gasteiger partial charge on any atom is 0.227 e. The Labute approximate surface area is 91.8 Å². The minimum atomic E-state index is -0.361. The van der Waals surface area contributed by atoms with E-state index in [1.54, 1.807) is 6.92 Å². The molecule has 0 aliphatic heterocycles. The first-order valence-corrected chi connectivity index (χ1v) is 5.55. The molecule has 0 saturated heterocycles. The van der Waals surface area contributed by atoms with Gasteiger partial charge in [0.1, 0.15) is 0 Å². The van der Waals surface area contributed by atoms with Crippen molar-refractivity contribution in [3.63, 3.8) is 0 Å². The number of hydrogen-bond donors (Lipinski definition) is 2. The molecule has 1 amide bonds. The van der Waals surface area contributed by atoms with Crippen molar-refractivity contribution in [3.8, 4) is 11.8 Å². The molecule has 84 valence electrons. The molecule has 1 rings (SSSR count). The van der Waals surface area contributed by atoms with Crippen LogP contribution in [0.25, 0.3) is 0 Å². The molecule has 2 atom stereocenters. The summed E-state index contributed by atoms with van der Waals surface area (Å²) in [5, 5.41) is 2.91. The Bertz CT molecular complexity index is 290. The molecule has 1 aliphatic carbocycles. The quantitative estimate of drug-likeness (QED) is 0.537. The van der Waals surface area contributed by atoms with Crippen molar-refractivity contribution in [2.24, 2.45) is 11.1 Å². The van der Waals surface area contributed by atoms with E-state index in [2.05, 4.69) is 17.2 Å². The van der Waals surface area contributed by atoms with Crippen molar-refractivity contribution in [2.45, 2.75) is 45.6 Å². The first-order chi connectivity index (χ1) is 7.11. The molecule has 3 heteroatoms. The molecule has 15 heavy (non-hydrogen) atoms. The van der Waals surface area contributed by atoms with Gasteiger partial charge in [0.2, 0.25) is 5.91 Å². The lowest BCUT2D eigenvalue weighted by Gasteiger charge is -2.27. The van der Waals surface area contributed by atoms with Crippen LogP contribution in [0.5, 0.6) is 0 Å². The number of carbonyl (C=O) groups excluding carboxylic acids is 1. The van der Waals surface area contributed by atoms with E-state index >= 15 is 0 Å². The minimum Gasteiger partial charge on any atom is -0.355 e. The van der Waals surface area contributed by atoms with Gasteiger partial charge in [0.25, 0.3) is 0 Å². The Morgan fingerprint density at radius 2 is 2.40 bits per heavy atom. The maximum absolute atomic E-state index is 11.9. The van der Waals surface area contributed by atoms with Crippen molar-refractivity contribution >= 4 is 5.91 Å². The second kappa shape index (κ2) is 5.18. The van der Waals surface area contributed by atoms with Crippen LogP contribution in [0.4, 0.5) is 0 Å². The summed E-state index contributed by atoms with van der Waals surface area (Å²) in [7, 11) is 0. The van der Waals surface area contributed by atoms with Crippen molar-refractivity contribution < 1.29 is 4.79 Å². The largest absolute Gasteiger partial charge is 0.355 e. The van der Waals surface area contributed by atoms with Crippen molar-refractivity contribution in [2.75, 3.05) is 6.54 Å². The van der Waals surface area contributed by atoms with Gasteiger partial charge in [0.05, 0.1) is 5.41 Å². The zero-order valence-electron chi connectivity index (χ0n) is 9.60. The first kappa shape index (κ1) is 12.1. The molecule has 0 aromatic heterocycles. The minimum absolute atomic E-state index is 0.00904. The average molecular weight is 208 g/mol. The predicted octanol–water partition coefficient (Wildman–Crippen LogP) is 1.03. The molecule has 1 saturated carbocycles. The summed E-state index contributed by atoms with van der Waals surface area (Å²) in [6.45, 7) is 4.39. The summed E-state index contributed by atoms with van der Waals surface area (Å²) in [6, 6.07) is 0.00904. The zero-order valence-corrected chi connectivity index (χ0v) is 9.60. The van der Waals surface area contributed by atoms with Crippen molar-refractivity contribution in [1.82, 2.24) is 5.32 Å². The Morgan fingerprint density at radius 1 is 1.67 bits per heavy atom. The molecule has 2 unspecified atom stereocenters. The number of rotatable bonds is 3. The molecule has 0 radical (unpaired) electrons. The van der Waals surface area contributed by atoms with E-state index < -0.39 is 0 Å². The van der Waals surface area contributed by atoms with Crippen LogP contribution < -0.4 is 11.1 Å². The summed E-state index contributed by atoms with van der Waals surface area (Å²) < 4.78 is 0. The van der Waals surface area contributed by atoms with Crippen molar-refractivity contribution in [1.29, 1.82) is 0 Å². The third-order valence-corrected chi connectivity index (χ3v) is 3.26. The highest BCUT2D eigenvalue weighted by atomic mass is 16.2. The fourth-order valence-corrected chi connectivity index (χ4v) is 2.04. The summed E-state index contributed by atoms with van der Waals surface area (Å²) >= 11 is 0. The molecule has 0 heterocycles. The Balaban J connectivity index is 2.41. The third kappa shape index (κ3) is 2.73. The van der Waals surface area contributed by atoms with E-state index in [1.807, 2.05) is 6.92 Å². The van der Waals surface area contributed by atoms with E-state index in [9.17, 15) is 4.79 Å². The van der Waals surface area contributed by atoms with Gasteiger partial charge in [-0.3, -0.25) is 4.79 Å². The van der Waals surface area contributed by atoms with Gasteiger partial charge >= 0.3 is 0 Å². The van der Waals surface area contributed by atoms with Gasteiger partial charge in [-0.1, -0.05) is 6.42 Å². The Kier molecular flexibility index (Phi) is 4.16. The lowest BCUT2D eigenvalue weighted by Crippen LogP contribution is -2.47. The fraction of sp³-hybridized carbons (Fsp3) is 0.750. The van der Waals surface area contributed by atoms with E-state index in [1.165, 1.54) is 0 Å². The predicted molar refractivity (Wildman–Crippen MR) is 61.0 cm³/mol. The molecular weight excluding hydrogens is 188 g/mol. The van der Waals surface area contributed by atoms with E-state index in [0.29, 0.717) is 13.0 Å². The van der Waals surface area contributed by atoms with Gasteiger partial charge in [0.15, 0.2) is 0 Å². The second-order valence-corrected chi connectivity index (χ2v) is 4.35. The standard InChI is InChI=1S/C12H20N2O/c1-3-4-5-9-14-11(15)12(2)8-6-7-10(12)13/h10H,5-9,13H2,1-2H3,(H,14,15). The third-order valence-electron chi connectivity index (χ3n) is 3.26. The van der Waals surface area contributed by atoms with Crippen LogP contribution in [-0.2, 0) is 4.79 Å². The van der Waals surface area contributed by atoms with Gasteiger partial charge in [-0.2, -0.15) is 0 Å². The van der Waals surface area contributed by atoms with Crippen LogP contribution in [0.3, 0.4) is 0 Å². The molecule has 1 fully saturated rings.